The third-order valence-electron chi connectivity index (χ3n) is 3.58. The molecular weight excluding hydrogens is 236 g/mol. The van der Waals surface area contributed by atoms with Gasteiger partial charge >= 0.3 is 5.97 Å². The van der Waals surface area contributed by atoms with Crippen LogP contribution in [0.2, 0.25) is 0 Å². The predicted molar refractivity (Wildman–Crippen MR) is 77.6 cm³/mol. The van der Waals surface area contributed by atoms with Crippen LogP contribution in [0, 0.1) is 5.92 Å². The Kier molecular flexibility index (Phi) is 5.20. The minimum atomic E-state index is -0.179. The standard InChI is InChI=1S/C17H22O2/c1-14(12-13-15-8-4-2-5-9-15)17(18)19-16-10-6-3-7-11-16/h2,4-5,8-9,12-14,16H,3,6-7,10-11H2,1H3/b13-12+/t14-/m0/s1. The van der Waals surface area contributed by atoms with Crippen molar-refractivity contribution in [1.82, 2.24) is 0 Å². The molecule has 0 bridgehead atoms. The van der Waals surface area contributed by atoms with Gasteiger partial charge in [0.05, 0.1) is 5.92 Å². The van der Waals surface area contributed by atoms with Crippen LogP contribution in [-0.4, -0.2) is 12.1 Å². The van der Waals surface area contributed by atoms with Gasteiger partial charge in [0.25, 0.3) is 0 Å². The first-order chi connectivity index (χ1) is 9.25. The quantitative estimate of drug-likeness (QED) is 0.756. The normalized spacial score (nSPS) is 18.4. The van der Waals surface area contributed by atoms with E-state index < -0.39 is 0 Å². The van der Waals surface area contributed by atoms with Gasteiger partial charge in [-0.2, -0.15) is 0 Å². The highest BCUT2D eigenvalue weighted by atomic mass is 16.5. The number of benzene rings is 1. The van der Waals surface area contributed by atoms with Crippen molar-refractivity contribution >= 4 is 12.0 Å². The minimum Gasteiger partial charge on any atom is -0.462 e. The molecule has 0 aromatic heterocycles. The van der Waals surface area contributed by atoms with E-state index in [2.05, 4.69) is 0 Å². The first-order valence-electron chi connectivity index (χ1n) is 7.19. The lowest BCUT2D eigenvalue weighted by Gasteiger charge is -2.22. The number of carbonyl (C=O) groups is 1. The number of hydrogen-bond acceptors (Lipinski definition) is 2. The summed E-state index contributed by atoms with van der Waals surface area (Å²) in [6.07, 6.45) is 9.75. The first kappa shape index (κ1) is 13.9. The van der Waals surface area contributed by atoms with Crippen LogP contribution in [-0.2, 0) is 9.53 Å². The van der Waals surface area contributed by atoms with Gasteiger partial charge in [0.1, 0.15) is 6.10 Å². The van der Waals surface area contributed by atoms with Gasteiger partial charge in [0, 0.05) is 0 Å². The maximum Gasteiger partial charge on any atom is 0.312 e. The van der Waals surface area contributed by atoms with Gasteiger partial charge in [-0.15, -0.1) is 0 Å². The molecule has 1 aromatic rings. The van der Waals surface area contributed by atoms with Crippen molar-refractivity contribution in [1.29, 1.82) is 0 Å². The molecule has 0 radical (unpaired) electrons. The Morgan fingerprint density at radius 3 is 2.58 bits per heavy atom. The monoisotopic (exact) mass is 258 g/mol. The predicted octanol–water partition coefficient (Wildman–Crippen LogP) is 4.21. The molecule has 0 aliphatic heterocycles. The van der Waals surface area contributed by atoms with Crippen LogP contribution in [0.4, 0.5) is 0 Å². The van der Waals surface area contributed by atoms with Crippen molar-refractivity contribution in [2.24, 2.45) is 5.92 Å². The highest BCUT2D eigenvalue weighted by Gasteiger charge is 2.20. The van der Waals surface area contributed by atoms with Crippen molar-refractivity contribution in [2.45, 2.75) is 45.1 Å². The summed E-state index contributed by atoms with van der Waals surface area (Å²) in [5, 5.41) is 0. The van der Waals surface area contributed by atoms with E-state index in [0.29, 0.717) is 0 Å². The first-order valence-corrected chi connectivity index (χ1v) is 7.19. The van der Waals surface area contributed by atoms with E-state index in [0.717, 1.165) is 18.4 Å². The maximum atomic E-state index is 12.0. The van der Waals surface area contributed by atoms with E-state index in [-0.39, 0.29) is 18.0 Å². The average molecular weight is 258 g/mol. The summed E-state index contributed by atoms with van der Waals surface area (Å²) in [5.41, 5.74) is 1.11. The average Bonchev–Trinajstić information content (AvgIpc) is 2.47. The van der Waals surface area contributed by atoms with Gasteiger partial charge in [0.2, 0.25) is 0 Å². The van der Waals surface area contributed by atoms with Crippen molar-refractivity contribution in [3.63, 3.8) is 0 Å². The topological polar surface area (TPSA) is 26.3 Å². The third-order valence-corrected chi connectivity index (χ3v) is 3.58. The molecule has 19 heavy (non-hydrogen) atoms. The van der Waals surface area contributed by atoms with E-state index in [9.17, 15) is 4.79 Å². The number of rotatable bonds is 4. The molecule has 1 saturated carbocycles. The van der Waals surface area contributed by atoms with Gasteiger partial charge in [-0.1, -0.05) is 48.9 Å². The molecule has 0 N–H and O–H groups in total. The van der Waals surface area contributed by atoms with E-state index in [4.69, 9.17) is 4.74 Å². The van der Waals surface area contributed by atoms with Gasteiger partial charge in [-0.3, -0.25) is 4.79 Å². The van der Waals surface area contributed by atoms with E-state index in [1.165, 1.54) is 19.3 Å². The van der Waals surface area contributed by atoms with Gasteiger partial charge in [-0.05, 0) is 38.2 Å². The molecule has 2 nitrogen and oxygen atoms in total. The molecule has 102 valence electrons. The third kappa shape index (κ3) is 4.55. The van der Waals surface area contributed by atoms with Crippen LogP contribution >= 0.6 is 0 Å². The molecule has 0 unspecified atom stereocenters. The molecule has 1 atom stereocenters. The highest BCUT2D eigenvalue weighted by Crippen LogP contribution is 2.21. The molecule has 0 saturated heterocycles. The van der Waals surface area contributed by atoms with Crippen molar-refractivity contribution < 1.29 is 9.53 Å². The number of hydrogen-bond donors (Lipinski definition) is 0. The Balaban J connectivity index is 1.83. The Bertz CT molecular complexity index is 416. The van der Waals surface area contributed by atoms with Crippen molar-refractivity contribution in [3.8, 4) is 0 Å². The second-order valence-corrected chi connectivity index (χ2v) is 5.26. The van der Waals surface area contributed by atoms with Crippen LogP contribution in [0.15, 0.2) is 36.4 Å². The lowest BCUT2D eigenvalue weighted by atomic mass is 9.97. The second-order valence-electron chi connectivity index (χ2n) is 5.26. The number of esters is 1. The summed E-state index contributed by atoms with van der Waals surface area (Å²) < 4.78 is 5.55. The lowest BCUT2D eigenvalue weighted by molar-refractivity contribution is -0.153. The molecule has 0 spiro atoms. The van der Waals surface area contributed by atoms with Crippen LogP contribution in [0.25, 0.3) is 6.08 Å². The minimum absolute atomic E-state index is 0.0981. The summed E-state index contributed by atoms with van der Waals surface area (Å²) in [7, 11) is 0. The van der Waals surface area contributed by atoms with E-state index >= 15 is 0 Å². The Morgan fingerprint density at radius 1 is 1.21 bits per heavy atom. The SMILES string of the molecule is C[C@@H](/C=C/c1ccccc1)C(=O)OC1CCCCC1. The summed E-state index contributed by atoms with van der Waals surface area (Å²) in [5.74, 6) is -0.277. The molecule has 1 aliphatic carbocycles. The summed E-state index contributed by atoms with van der Waals surface area (Å²) in [4.78, 5) is 12.0. The zero-order chi connectivity index (χ0) is 13.5. The van der Waals surface area contributed by atoms with Crippen molar-refractivity contribution in [2.75, 3.05) is 0 Å². The van der Waals surface area contributed by atoms with Gasteiger partial charge in [-0.25, -0.2) is 0 Å². The Morgan fingerprint density at radius 2 is 1.89 bits per heavy atom. The molecule has 0 heterocycles. The Labute approximate surface area is 115 Å². The molecular formula is C17H22O2. The summed E-state index contributed by atoms with van der Waals surface area (Å²) >= 11 is 0. The van der Waals surface area contributed by atoms with E-state index in [1.54, 1.807) is 0 Å². The summed E-state index contributed by atoms with van der Waals surface area (Å²) in [6.45, 7) is 1.89. The number of ether oxygens (including phenoxy) is 1. The van der Waals surface area contributed by atoms with Gasteiger partial charge < -0.3 is 4.74 Å². The fraction of sp³-hybridized carbons (Fsp3) is 0.471. The number of carbonyl (C=O) groups excluding carboxylic acids is 1. The van der Waals surface area contributed by atoms with Crippen LogP contribution in [0.5, 0.6) is 0 Å². The molecule has 1 aromatic carbocycles. The molecule has 0 amide bonds. The fourth-order valence-electron chi connectivity index (χ4n) is 2.35. The largest absolute Gasteiger partial charge is 0.462 e. The van der Waals surface area contributed by atoms with E-state index in [1.807, 2.05) is 49.4 Å². The second kappa shape index (κ2) is 7.13. The van der Waals surface area contributed by atoms with Crippen LogP contribution in [0.1, 0.15) is 44.6 Å². The molecule has 2 rings (SSSR count). The molecule has 1 fully saturated rings. The fourth-order valence-corrected chi connectivity index (χ4v) is 2.35. The summed E-state index contributed by atoms with van der Waals surface area (Å²) in [6, 6.07) is 10.0. The van der Waals surface area contributed by atoms with Crippen LogP contribution < -0.4 is 0 Å². The Hall–Kier alpha value is -1.57. The van der Waals surface area contributed by atoms with Crippen molar-refractivity contribution in [3.05, 3.63) is 42.0 Å². The lowest BCUT2D eigenvalue weighted by Crippen LogP contribution is -2.23. The highest BCUT2D eigenvalue weighted by molar-refractivity contribution is 5.75. The molecule has 1 aliphatic rings. The van der Waals surface area contributed by atoms with Gasteiger partial charge in [0.15, 0.2) is 0 Å². The zero-order valence-electron chi connectivity index (χ0n) is 11.5. The molecule has 2 heteroatoms. The smallest absolute Gasteiger partial charge is 0.312 e. The zero-order valence-corrected chi connectivity index (χ0v) is 11.5. The maximum absolute atomic E-state index is 12.0. The van der Waals surface area contributed by atoms with Crippen LogP contribution in [0.3, 0.4) is 0 Å².